The predicted octanol–water partition coefficient (Wildman–Crippen LogP) is 2.00. The van der Waals surface area contributed by atoms with Crippen molar-refractivity contribution in [2.45, 2.75) is 102 Å². The molecule has 15 heteroatoms. The van der Waals surface area contributed by atoms with Gasteiger partial charge in [-0.25, -0.2) is 4.79 Å². The van der Waals surface area contributed by atoms with Gasteiger partial charge in [0.15, 0.2) is 0 Å². The first-order valence-corrected chi connectivity index (χ1v) is 18.5. The monoisotopic (exact) mass is 751 g/mol. The molecule has 2 aliphatic rings. The third-order valence-electron chi connectivity index (χ3n) is 9.80. The number of hydrogen-bond acceptors (Lipinski definition) is 11. The van der Waals surface area contributed by atoms with Gasteiger partial charge in [0.05, 0.1) is 6.61 Å². The van der Waals surface area contributed by atoms with Crippen LogP contribution in [-0.2, 0) is 38.5 Å². The zero-order chi connectivity index (χ0) is 39.0. The van der Waals surface area contributed by atoms with Crippen LogP contribution in [0.15, 0.2) is 54.6 Å². The molecule has 0 bridgehead atoms. The highest BCUT2D eigenvalue weighted by molar-refractivity contribution is 5.91. The number of amides is 3. The third kappa shape index (κ3) is 10.2. The van der Waals surface area contributed by atoms with Crippen LogP contribution in [0.2, 0.25) is 0 Å². The molecule has 0 aliphatic carbocycles. The molecule has 2 saturated heterocycles. The van der Waals surface area contributed by atoms with E-state index in [0.29, 0.717) is 45.4 Å². The van der Waals surface area contributed by atoms with Crippen molar-refractivity contribution in [1.29, 1.82) is 0 Å². The number of H-pyrrole nitrogens is 1. The van der Waals surface area contributed by atoms with E-state index in [9.17, 15) is 34.8 Å². The lowest BCUT2D eigenvalue weighted by atomic mass is 9.97. The van der Waals surface area contributed by atoms with Crippen molar-refractivity contribution in [1.82, 2.24) is 25.3 Å². The summed E-state index contributed by atoms with van der Waals surface area (Å²) in [7, 11) is 0. The standard InChI is InChI=1S/C39H53N5O10/c1-24(2)31-28(35(42-41-31)54-36-34(49)33(48)32(47)29(22-45)53-36)21-26-15-13-25(14-16-26)11-8-12-30(46)40-39(3,4)37(50)43-17-19-44(20-18-43)38(51)52-23-27-9-6-5-7-10-27/h5-7,9-10,13-16,24,29,32-34,36,45,47-49H,8,11-12,17-23H2,1-4H3,(H,40,46)(H,41,42)/t29-,32+,33+,34-,36?/m1/s1. The fourth-order valence-electron chi connectivity index (χ4n) is 6.63. The first kappa shape index (κ1) is 40.6. The van der Waals surface area contributed by atoms with Crippen LogP contribution in [0.25, 0.3) is 0 Å². The van der Waals surface area contributed by atoms with Crippen LogP contribution < -0.4 is 10.1 Å². The van der Waals surface area contributed by atoms with Crippen LogP contribution in [0.5, 0.6) is 5.88 Å². The Morgan fingerprint density at radius 2 is 1.57 bits per heavy atom. The van der Waals surface area contributed by atoms with E-state index in [-0.39, 0.29) is 36.6 Å². The lowest BCUT2D eigenvalue weighted by Crippen LogP contribution is -2.60. The van der Waals surface area contributed by atoms with Gasteiger partial charge < -0.3 is 49.8 Å². The summed E-state index contributed by atoms with van der Waals surface area (Å²) in [5.41, 5.74) is 3.36. The number of piperazine rings is 1. The van der Waals surface area contributed by atoms with Gasteiger partial charge in [-0.3, -0.25) is 14.7 Å². The Morgan fingerprint density at radius 3 is 2.22 bits per heavy atom. The first-order valence-electron chi connectivity index (χ1n) is 18.5. The second kappa shape index (κ2) is 18.2. The molecule has 1 aromatic heterocycles. The van der Waals surface area contributed by atoms with Gasteiger partial charge in [-0.2, -0.15) is 0 Å². The summed E-state index contributed by atoms with van der Waals surface area (Å²) in [6.45, 7) is 8.39. The van der Waals surface area contributed by atoms with Crippen LogP contribution in [0.3, 0.4) is 0 Å². The van der Waals surface area contributed by atoms with Gasteiger partial charge in [-0.15, -0.1) is 5.10 Å². The van der Waals surface area contributed by atoms with Crippen LogP contribution in [-0.4, -0.2) is 127 Å². The number of carbonyl (C=O) groups is 3. The third-order valence-corrected chi connectivity index (χ3v) is 9.80. The Labute approximate surface area is 315 Å². The summed E-state index contributed by atoms with van der Waals surface area (Å²) in [6.07, 6.45) is -5.60. The molecule has 0 radical (unpaired) electrons. The number of aromatic nitrogens is 2. The summed E-state index contributed by atoms with van der Waals surface area (Å²) in [5.74, 6) is -0.178. The van der Waals surface area contributed by atoms with Gasteiger partial charge >= 0.3 is 6.09 Å². The molecule has 54 heavy (non-hydrogen) atoms. The van der Waals surface area contributed by atoms with Gasteiger partial charge in [0.25, 0.3) is 0 Å². The number of nitrogens with zero attached hydrogens (tertiary/aromatic N) is 3. The summed E-state index contributed by atoms with van der Waals surface area (Å²) < 4.78 is 16.8. The Bertz CT molecular complexity index is 1690. The van der Waals surface area contributed by atoms with E-state index in [1.54, 1.807) is 23.6 Å². The van der Waals surface area contributed by atoms with Crippen molar-refractivity contribution in [2.75, 3.05) is 32.8 Å². The number of aryl methyl sites for hydroxylation is 1. The van der Waals surface area contributed by atoms with Gasteiger partial charge in [-0.1, -0.05) is 68.4 Å². The molecule has 2 fully saturated rings. The molecular formula is C39H53N5O10. The van der Waals surface area contributed by atoms with E-state index in [2.05, 4.69) is 15.5 Å². The number of benzene rings is 2. The summed E-state index contributed by atoms with van der Waals surface area (Å²) in [6, 6.07) is 17.4. The molecule has 0 spiro atoms. The second-order valence-electron chi connectivity index (χ2n) is 14.7. The number of hydrogen-bond donors (Lipinski definition) is 6. The molecule has 2 aromatic carbocycles. The molecule has 3 heterocycles. The predicted molar refractivity (Wildman–Crippen MR) is 196 cm³/mol. The molecule has 6 N–H and O–H groups in total. The SMILES string of the molecule is CC(C)c1[nH]nc(OC2O[C@H](CO)[C@H](O)[C@H](O)[C@H]2O)c1Cc1ccc(CCCC(=O)NC(C)(C)C(=O)N2CCN(C(=O)OCc3ccccc3)CC2)cc1. The molecule has 2 aliphatic heterocycles. The minimum Gasteiger partial charge on any atom is -0.445 e. The molecule has 0 saturated carbocycles. The van der Waals surface area contributed by atoms with Gasteiger partial charge in [0, 0.05) is 50.3 Å². The number of rotatable bonds is 14. The van der Waals surface area contributed by atoms with Crippen molar-refractivity contribution in [3.05, 3.63) is 82.5 Å². The topological polar surface area (TPSA) is 207 Å². The van der Waals surface area contributed by atoms with E-state index in [1.807, 2.05) is 68.4 Å². The molecule has 3 amide bonds. The van der Waals surface area contributed by atoms with E-state index in [1.165, 1.54) is 0 Å². The maximum absolute atomic E-state index is 13.3. The van der Waals surface area contributed by atoms with E-state index < -0.39 is 48.9 Å². The zero-order valence-electron chi connectivity index (χ0n) is 31.3. The molecule has 3 aromatic rings. The lowest BCUT2D eigenvalue weighted by molar-refractivity contribution is -0.278. The normalized spacial score (nSPS) is 21.9. The number of carbonyl (C=O) groups excluding carboxylic acids is 3. The second-order valence-corrected chi connectivity index (χ2v) is 14.7. The zero-order valence-corrected chi connectivity index (χ0v) is 31.3. The van der Waals surface area contributed by atoms with E-state index in [4.69, 9.17) is 14.2 Å². The van der Waals surface area contributed by atoms with E-state index in [0.717, 1.165) is 27.9 Å². The fraction of sp³-hybridized carbons (Fsp3) is 0.538. The summed E-state index contributed by atoms with van der Waals surface area (Å²) in [5, 5.41) is 50.5. The maximum Gasteiger partial charge on any atom is 0.410 e. The fourth-order valence-corrected chi connectivity index (χ4v) is 6.63. The highest BCUT2D eigenvalue weighted by Gasteiger charge is 2.45. The average molecular weight is 752 g/mol. The van der Waals surface area contributed by atoms with Crippen LogP contribution in [0, 0.1) is 0 Å². The largest absolute Gasteiger partial charge is 0.445 e. The molecule has 5 atom stereocenters. The highest BCUT2D eigenvalue weighted by Crippen LogP contribution is 2.31. The minimum absolute atomic E-state index is 0.0664. The van der Waals surface area contributed by atoms with Crippen molar-refractivity contribution < 1.29 is 49.0 Å². The van der Waals surface area contributed by atoms with Crippen molar-refractivity contribution >= 4 is 17.9 Å². The quantitative estimate of drug-likeness (QED) is 0.141. The minimum atomic E-state index is -1.57. The Morgan fingerprint density at radius 1 is 0.926 bits per heavy atom. The number of aliphatic hydroxyl groups is 4. The van der Waals surface area contributed by atoms with Crippen molar-refractivity contribution in [3.8, 4) is 5.88 Å². The van der Waals surface area contributed by atoms with Gasteiger partial charge in [0.2, 0.25) is 24.0 Å². The van der Waals surface area contributed by atoms with Crippen molar-refractivity contribution in [3.63, 3.8) is 0 Å². The van der Waals surface area contributed by atoms with Crippen molar-refractivity contribution in [2.24, 2.45) is 0 Å². The number of ether oxygens (including phenoxy) is 3. The smallest absolute Gasteiger partial charge is 0.410 e. The Hall–Kier alpha value is -4.54. The van der Waals surface area contributed by atoms with Gasteiger partial charge in [-0.05, 0) is 49.3 Å². The highest BCUT2D eigenvalue weighted by atomic mass is 16.7. The molecule has 15 nitrogen and oxygen atoms in total. The number of nitrogens with one attached hydrogen (secondary N) is 2. The van der Waals surface area contributed by atoms with Crippen LogP contribution >= 0.6 is 0 Å². The lowest BCUT2D eigenvalue weighted by Gasteiger charge is -2.39. The first-order chi connectivity index (χ1) is 25.8. The number of aromatic amines is 1. The summed E-state index contributed by atoms with van der Waals surface area (Å²) >= 11 is 0. The number of aliphatic hydroxyl groups excluding tert-OH is 4. The van der Waals surface area contributed by atoms with Crippen LogP contribution in [0.1, 0.15) is 74.4 Å². The molecule has 294 valence electrons. The maximum atomic E-state index is 13.3. The Kier molecular flexibility index (Phi) is 13.7. The van der Waals surface area contributed by atoms with Crippen LogP contribution in [0.4, 0.5) is 4.79 Å². The Balaban J connectivity index is 1.07. The average Bonchev–Trinajstić information content (AvgIpc) is 3.56. The van der Waals surface area contributed by atoms with E-state index >= 15 is 0 Å². The summed E-state index contributed by atoms with van der Waals surface area (Å²) in [4.78, 5) is 42.0. The molecule has 1 unspecified atom stereocenters. The van der Waals surface area contributed by atoms with Gasteiger partial charge in [0.1, 0.15) is 36.6 Å². The molecule has 5 rings (SSSR count). The molecular weight excluding hydrogens is 698 g/mol.